The van der Waals surface area contributed by atoms with Crippen LogP contribution in [-0.2, 0) is 27.2 Å². The van der Waals surface area contributed by atoms with Crippen molar-refractivity contribution in [1.82, 2.24) is 0 Å². The largest absolute Gasteiger partial charge is 0.756 e. The Bertz CT molecular complexity index is 961. The number of hydrogen-bond donors (Lipinski definition) is 2. The summed E-state index contributed by atoms with van der Waals surface area (Å²) in [5.74, 6) is 0. The summed E-state index contributed by atoms with van der Waals surface area (Å²) in [6.07, 6.45) is 42.5. The number of aliphatic hydroxyl groups is 2. The molecular weight excluding hydrogens is 814 g/mol. The van der Waals surface area contributed by atoms with Gasteiger partial charge in [-0.1, -0.05) is 199 Å². The summed E-state index contributed by atoms with van der Waals surface area (Å²) in [4.78, 5) is 23.8. The molecule has 2 atom stereocenters. The molecule has 0 rings (SSSR count). The molecular formula is C47H100N2O10P2. The Morgan fingerprint density at radius 1 is 0.311 bits per heavy atom. The molecule has 0 spiro atoms. The molecule has 61 heavy (non-hydrogen) atoms. The molecule has 0 heterocycles. The van der Waals surface area contributed by atoms with Crippen LogP contribution in [-0.4, -0.2) is 113 Å². The summed E-state index contributed by atoms with van der Waals surface area (Å²) >= 11 is 0. The lowest BCUT2D eigenvalue weighted by Gasteiger charge is -2.30. The molecule has 0 aliphatic rings. The third-order valence-corrected chi connectivity index (χ3v) is 14.1. The van der Waals surface area contributed by atoms with Crippen LogP contribution in [0.15, 0.2) is 0 Å². The molecule has 368 valence electrons. The lowest BCUT2D eigenvalue weighted by Crippen LogP contribution is -2.44. The SMILES string of the molecule is C[N+](C)(CCO)CCOP(=O)([O-])OCCCCCCCCCCCCCCCCCCCCCCCCCCCCCCCCCCCOP(=O)([O-])OCC[N+](C)(C)CCO. The van der Waals surface area contributed by atoms with Gasteiger partial charge in [0.15, 0.2) is 0 Å². The highest BCUT2D eigenvalue weighted by Crippen LogP contribution is 2.39. The monoisotopic (exact) mass is 915 g/mol. The highest BCUT2D eigenvalue weighted by molar-refractivity contribution is 7.46. The minimum absolute atomic E-state index is 0.0591. The number of likely N-dealkylation sites (N-methyl/N-ethyl adjacent to an activating group) is 2. The predicted octanol–water partition coefficient (Wildman–Crippen LogP) is 11.0. The van der Waals surface area contributed by atoms with Crippen molar-refractivity contribution < 1.29 is 56.2 Å². The van der Waals surface area contributed by atoms with Gasteiger partial charge in [0.05, 0.1) is 54.6 Å². The van der Waals surface area contributed by atoms with Crippen molar-refractivity contribution in [2.24, 2.45) is 0 Å². The highest BCUT2D eigenvalue weighted by Gasteiger charge is 2.18. The number of phosphoric ester groups is 2. The standard InChI is InChI=1S/C47H100N2O10P2/c1-48(2,38-42-50)40-46-58-60(52,53)56-44-36-34-32-30-28-26-24-22-20-18-16-14-12-10-8-6-5-7-9-11-13-15-17-19-21-23-25-27-29-31-33-35-37-45-57-61(54,55)59-47-41-49(3,4)39-43-51/h50-51H,5-47H2,1-4H3. The summed E-state index contributed by atoms with van der Waals surface area (Å²) in [5.41, 5.74) is 0. The Kier molecular flexibility index (Phi) is 41.5. The van der Waals surface area contributed by atoms with Crippen LogP contribution in [0.4, 0.5) is 0 Å². The van der Waals surface area contributed by atoms with Crippen LogP contribution in [0.5, 0.6) is 0 Å². The number of quaternary nitrogens is 2. The van der Waals surface area contributed by atoms with Gasteiger partial charge in [-0.05, 0) is 12.8 Å². The zero-order valence-electron chi connectivity index (χ0n) is 40.4. The van der Waals surface area contributed by atoms with E-state index in [9.17, 15) is 18.9 Å². The van der Waals surface area contributed by atoms with Crippen molar-refractivity contribution >= 4 is 15.6 Å². The quantitative estimate of drug-likeness (QED) is 0.0342. The molecule has 0 saturated heterocycles. The summed E-state index contributed by atoms with van der Waals surface area (Å²) in [5, 5.41) is 18.1. The second kappa shape index (κ2) is 41.5. The Hall–Kier alpha value is 0.0600. The molecule has 0 aromatic heterocycles. The lowest BCUT2D eigenvalue weighted by molar-refractivity contribution is -0.890. The van der Waals surface area contributed by atoms with E-state index in [-0.39, 0.29) is 39.6 Å². The Morgan fingerprint density at radius 2 is 0.475 bits per heavy atom. The molecule has 0 radical (unpaired) electrons. The van der Waals surface area contributed by atoms with Crippen molar-refractivity contribution in [3.05, 3.63) is 0 Å². The predicted molar refractivity (Wildman–Crippen MR) is 249 cm³/mol. The van der Waals surface area contributed by atoms with E-state index in [1.54, 1.807) is 0 Å². The van der Waals surface area contributed by atoms with Crippen molar-refractivity contribution in [3.63, 3.8) is 0 Å². The minimum Gasteiger partial charge on any atom is -0.756 e. The van der Waals surface area contributed by atoms with E-state index in [2.05, 4.69) is 0 Å². The average Bonchev–Trinajstić information content (AvgIpc) is 3.18. The highest BCUT2D eigenvalue weighted by atomic mass is 31.2. The topological polar surface area (TPSA) is 158 Å². The van der Waals surface area contributed by atoms with E-state index in [0.717, 1.165) is 38.5 Å². The number of nitrogens with zero attached hydrogens (tertiary/aromatic N) is 2. The average molecular weight is 915 g/mol. The fourth-order valence-electron chi connectivity index (χ4n) is 7.68. The van der Waals surface area contributed by atoms with E-state index in [1.807, 2.05) is 28.2 Å². The molecule has 0 aliphatic carbocycles. The van der Waals surface area contributed by atoms with E-state index in [4.69, 9.17) is 28.3 Å². The van der Waals surface area contributed by atoms with Crippen LogP contribution >= 0.6 is 15.6 Å². The number of unbranched alkanes of at least 4 members (excludes halogenated alkanes) is 32. The molecule has 12 nitrogen and oxygen atoms in total. The molecule has 14 heteroatoms. The zero-order chi connectivity index (χ0) is 45.2. The van der Waals surface area contributed by atoms with Gasteiger partial charge in [0.1, 0.15) is 39.4 Å². The van der Waals surface area contributed by atoms with E-state index in [1.165, 1.54) is 173 Å². The molecule has 0 aromatic carbocycles. The first-order chi connectivity index (χ1) is 29.2. The lowest BCUT2D eigenvalue weighted by atomic mass is 10.0. The zero-order valence-corrected chi connectivity index (χ0v) is 42.1. The van der Waals surface area contributed by atoms with Crippen molar-refractivity contribution in [2.45, 2.75) is 212 Å². The second-order valence-electron chi connectivity index (χ2n) is 19.1. The number of phosphoric acid groups is 2. The molecule has 2 N–H and O–H groups in total. The maximum Gasteiger partial charge on any atom is 0.268 e. The molecule has 0 fully saturated rings. The summed E-state index contributed by atoms with van der Waals surface area (Å²) < 4.78 is 44.7. The van der Waals surface area contributed by atoms with Gasteiger partial charge in [0.25, 0.3) is 15.6 Å². The van der Waals surface area contributed by atoms with Gasteiger partial charge < -0.3 is 47.1 Å². The maximum atomic E-state index is 11.9. The van der Waals surface area contributed by atoms with Gasteiger partial charge in [-0.15, -0.1) is 0 Å². The number of hydrogen-bond acceptors (Lipinski definition) is 10. The normalized spacial score (nSPS) is 14.4. The molecule has 0 saturated carbocycles. The third-order valence-electron chi connectivity index (χ3n) is 12.1. The van der Waals surface area contributed by atoms with Crippen LogP contribution in [0, 0.1) is 0 Å². The van der Waals surface area contributed by atoms with Crippen molar-refractivity contribution in [2.75, 3.05) is 94.0 Å². The van der Waals surface area contributed by atoms with E-state index < -0.39 is 15.6 Å². The Morgan fingerprint density at radius 3 is 0.656 bits per heavy atom. The molecule has 0 amide bonds. The van der Waals surface area contributed by atoms with Crippen LogP contribution in [0.3, 0.4) is 0 Å². The smallest absolute Gasteiger partial charge is 0.268 e. The van der Waals surface area contributed by atoms with Gasteiger partial charge in [-0.25, -0.2) is 0 Å². The van der Waals surface area contributed by atoms with Crippen molar-refractivity contribution in [1.29, 1.82) is 0 Å². The fourth-order valence-corrected chi connectivity index (χ4v) is 9.14. The third kappa shape index (κ3) is 46.4. The molecule has 0 aliphatic heterocycles. The first-order valence-electron chi connectivity index (χ1n) is 25.3. The maximum absolute atomic E-state index is 11.9. The molecule has 0 aromatic rings. The molecule has 0 bridgehead atoms. The van der Waals surface area contributed by atoms with Crippen molar-refractivity contribution in [3.8, 4) is 0 Å². The van der Waals surface area contributed by atoms with Gasteiger partial charge in [0.2, 0.25) is 0 Å². The van der Waals surface area contributed by atoms with Crippen LogP contribution in [0.2, 0.25) is 0 Å². The molecule has 2 unspecified atom stereocenters. The Labute approximate surface area is 376 Å². The van der Waals surface area contributed by atoms with Gasteiger partial charge in [-0.2, -0.15) is 0 Å². The van der Waals surface area contributed by atoms with Gasteiger partial charge in [-0.3, -0.25) is 9.13 Å². The summed E-state index contributed by atoms with van der Waals surface area (Å²) in [6, 6.07) is 0. The second-order valence-corrected chi connectivity index (χ2v) is 21.9. The number of rotatable bonds is 50. The van der Waals surface area contributed by atoms with Crippen LogP contribution in [0.25, 0.3) is 0 Å². The van der Waals surface area contributed by atoms with Crippen LogP contribution in [0.1, 0.15) is 212 Å². The summed E-state index contributed by atoms with van der Waals surface area (Å²) in [6.45, 7) is 2.74. The summed E-state index contributed by atoms with van der Waals surface area (Å²) in [7, 11) is -0.779. The first-order valence-corrected chi connectivity index (χ1v) is 28.2. The van der Waals surface area contributed by atoms with E-state index in [0.29, 0.717) is 35.1 Å². The minimum atomic E-state index is -4.24. The van der Waals surface area contributed by atoms with Gasteiger partial charge in [0, 0.05) is 0 Å². The van der Waals surface area contributed by atoms with Crippen LogP contribution < -0.4 is 9.79 Å². The first kappa shape index (κ1) is 61.1. The van der Waals surface area contributed by atoms with E-state index >= 15 is 0 Å². The Balaban J connectivity index is 3.27. The number of aliphatic hydroxyl groups excluding tert-OH is 2. The van der Waals surface area contributed by atoms with Gasteiger partial charge >= 0.3 is 0 Å². The fraction of sp³-hybridized carbons (Fsp3) is 1.00.